The smallest absolute Gasteiger partial charge is 0.367 e. The molecular formula is C16H20F3N7O. The Hall–Kier alpha value is -2.85. The van der Waals surface area contributed by atoms with Gasteiger partial charge in [0.25, 0.3) is 0 Å². The van der Waals surface area contributed by atoms with Crippen molar-refractivity contribution in [3.8, 4) is 0 Å². The molecule has 0 radical (unpaired) electrons. The number of carbonyl (C=O) groups is 1. The molecule has 2 aromatic rings. The van der Waals surface area contributed by atoms with E-state index in [9.17, 15) is 18.0 Å². The number of aromatic nitrogens is 4. The first-order valence-corrected chi connectivity index (χ1v) is 8.50. The molecule has 1 atom stereocenters. The lowest BCUT2D eigenvalue weighted by molar-refractivity contribution is -0.137. The van der Waals surface area contributed by atoms with Crippen molar-refractivity contribution in [3.05, 3.63) is 29.7 Å². The van der Waals surface area contributed by atoms with E-state index >= 15 is 0 Å². The molecule has 1 saturated heterocycles. The van der Waals surface area contributed by atoms with E-state index in [0.717, 1.165) is 12.3 Å². The van der Waals surface area contributed by atoms with E-state index in [1.165, 1.54) is 6.07 Å². The molecule has 0 spiro atoms. The zero-order chi connectivity index (χ0) is 19.6. The molecule has 3 heterocycles. The van der Waals surface area contributed by atoms with Crippen LogP contribution in [0.1, 0.15) is 37.2 Å². The fraction of sp³-hybridized carbons (Fsp3) is 0.500. The topological polar surface area (TPSA) is 113 Å². The van der Waals surface area contributed by atoms with Gasteiger partial charge in [-0.3, -0.25) is 9.89 Å². The van der Waals surface area contributed by atoms with Gasteiger partial charge in [-0.15, -0.1) is 5.10 Å². The molecule has 1 aliphatic heterocycles. The fourth-order valence-electron chi connectivity index (χ4n) is 2.99. The number of pyridine rings is 1. The van der Waals surface area contributed by atoms with Crippen molar-refractivity contribution in [2.45, 2.75) is 32.0 Å². The summed E-state index contributed by atoms with van der Waals surface area (Å²) in [5, 5.41) is 9.26. The van der Waals surface area contributed by atoms with E-state index < -0.39 is 11.7 Å². The highest BCUT2D eigenvalue weighted by molar-refractivity contribution is 5.79. The van der Waals surface area contributed by atoms with Gasteiger partial charge in [-0.25, -0.2) is 4.98 Å². The lowest BCUT2D eigenvalue weighted by Crippen LogP contribution is -2.41. The number of nitrogens with one attached hydrogen (secondary N) is 2. The number of hydrogen-bond acceptors (Lipinski definition) is 6. The van der Waals surface area contributed by atoms with Crippen LogP contribution in [0.3, 0.4) is 0 Å². The minimum atomic E-state index is -4.40. The molecule has 0 aromatic carbocycles. The molecule has 8 nitrogen and oxygen atoms in total. The Morgan fingerprint density at radius 1 is 1.37 bits per heavy atom. The Balaban J connectivity index is 1.53. The largest absolute Gasteiger partial charge is 0.417 e. The molecule has 1 amide bonds. The lowest BCUT2D eigenvalue weighted by atomic mass is 9.95. The highest BCUT2D eigenvalue weighted by Gasteiger charge is 2.31. The van der Waals surface area contributed by atoms with Gasteiger partial charge >= 0.3 is 6.18 Å². The summed E-state index contributed by atoms with van der Waals surface area (Å²) in [6.45, 7) is 2.86. The van der Waals surface area contributed by atoms with Crippen molar-refractivity contribution in [3.63, 3.8) is 0 Å². The van der Waals surface area contributed by atoms with Crippen LogP contribution in [0.5, 0.6) is 0 Å². The lowest BCUT2D eigenvalue weighted by Gasteiger charge is -2.32. The first kappa shape index (κ1) is 18.9. The van der Waals surface area contributed by atoms with E-state index in [4.69, 9.17) is 5.73 Å². The number of H-pyrrole nitrogens is 1. The van der Waals surface area contributed by atoms with Crippen molar-refractivity contribution in [1.82, 2.24) is 25.5 Å². The van der Waals surface area contributed by atoms with E-state index in [1.807, 2.05) is 4.90 Å². The van der Waals surface area contributed by atoms with Gasteiger partial charge in [0, 0.05) is 25.2 Å². The van der Waals surface area contributed by atoms with Gasteiger partial charge in [0.1, 0.15) is 11.6 Å². The average molecular weight is 383 g/mol. The summed E-state index contributed by atoms with van der Waals surface area (Å²) >= 11 is 0. The Morgan fingerprint density at radius 2 is 2.07 bits per heavy atom. The zero-order valence-electron chi connectivity index (χ0n) is 14.6. The number of nitrogen functional groups attached to an aromatic ring is 1. The number of aromatic amines is 1. The molecule has 4 N–H and O–H groups in total. The predicted molar refractivity (Wildman–Crippen MR) is 91.5 cm³/mol. The minimum absolute atomic E-state index is 0.0995. The fourth-order valence-corrected chi connectivity index (χ4v) is 2.99. The molecule has 11 heteroatoms. The van der Waals surface area contributed by atoms with Crippen LogP contribution in [0, 0.1) is 5.92 Å². The summed E-state index contributed by atoms with van der Waals surface area (Å²) in [5.74, 6) is 0.791. The molecular weight excluding hydrogens is 363 g/mol. The van der Waals surface area contributed by atoms with Crippen LogP contribution < -0.4 is 16.0 Å². The number of amides is 1. The molecule has 1 aliphatic rings. The number of carbonyl (C=O) groups excluding carboxylic acids is 1. The van der Waals surface area contributed by atoms with Crippen LogP contribution >= 0.6 is 0 Å². The summed E-state index contributed by atoms with van der Waals surface area (Å²) in [4.78, 5) is 22.2. The molecule has 2 aromatic heterocycles. The third kappa shape index (κ3) is 4.47. The quantitative estimate of drug-likeness (QED) is 0.743. The summed E-state index contributed by atoms with van der Waals surface area (Å²) in [7, 11) is 0. The average Bonchev–Trinajstić information content (AvgIpc) is 3.08. The molecule has 3 rings (SSSR count). The molecule has 146 valence electrons. The number of piperidine rings is 1. The van der Waals surface area contributed by atoms with Crippen LogP contribution in [-0.2, 0) is 11.0 Å². The van der Waals surface area contributed by atoms with E-state index in [1.54, 1.807) is 6.92 Å². The maximum atomic E-state index is 12.6. The normalized spacial score (nSPS) is 17.0. The number of hydrogen-bond donors (Lipinski definition) is 3. The minimum Gasteiger partial charge on any atom is -0.367 e. The second-order valence-electron chi connectivity index (χ2n) is 6.47. The van der Waals surface area contributed by atoms with Gasteiger partial charge in [-0.2, -0.15) is 18.2 Å². The molecule has 1 fully saturated rings. The number of nitrogens with zero attached hydrogens (tertiary/aromatic N) is 4. The van der Waals surface area contributed by atoms with Gasteiger partial charge in [0.2, 0.25) is 11.9 Å². The Labute approximate surface area is 153 Å². The SMILES string of the molecule is C[C@H](NC(=O)C1CCN(c2ccc(C(F)(F)F)cn2)CC1)c1nc(N)n[nH]1. The molecule has 0 saturated carbocycles. The standard InChI is InChI=1S/C16H20F3N7O/c1-9(13-23-15(20)25-24-13)22-14(27)10-4-6-26(7-5-10)12-3-2-11(8-21-12)16(17,18)19/h2-3,8-10H,4-7H2,1H3,(H,22,27)(H3,20,23,24,25)/t9-/m0/s1. The van der Waals surface area contributed by atoms with Crippen molar-refractivity contribution in [2.24, 2.45) is 5.92 Å². The van der Waals surface area contributed by atoms with Crippen LogP contribution in [0.4, 0.5) is 24.9 Å². The first-order valence-electron chi connectivity index (χ1n) is 8.50. The monoisotopic (exact) mass is 383 g/mol. The van der Waals surface area contributed by atoms with E-state index in [-0.39, 0.29) is 23.8 Å². The third-order valence-electron chi connectivity index (χ3n) is 4.55. The second kappa shape index (κ2) is 7.41. The maximum Gasteiger partial charge on any atom is 0.417 e. The highest BCUT2D eigenvalue weighted by Crippen LogP contribution is 2.30. The third-order valence-corrected chi connectivity index (χ3v) is 4.55. The van der Waals surface area contributed by atoms with Crippen molar-refractivity contribution in [1.29, 1.82) is 0 Å². The summed E-state index contributed by atoms with van der Waals surface area (Å²) in [6.07, 6.45) is -2.40. The van der Waals surface area contributed by atoms with Gasteiger partial charge < -0.3 is 16.0 Å². The van der Waals surface area contributed by atoms with Gasteiger partial charge in [-0.05, 0) is 31.9 Å². The first-order chi connectivity index (χ1) is 12.7. The van der Waals surface area contributed by atoms with Gasteiger partial charge in [0.05, 0.1) is 11.6 Å². The summed E-state index contributed by atoms with van der Waals surface area (Å²) in [6, 6.07) is 2.03. The van der Waals surface area contributed by atoms with E-state index in [0.29, 0.717) is 37.6 Å². The second-order valence-corrected chi connectivity index (χ2v) is 6.47. The van der Waals surface area contributed by atoms with Crippen molar-refractivity contribution >= 4 is 17.7 Å². The molecule has 0 aliphatic carbocycles. The number of nitrogens with two attached hydrogens (primary N) is 1. The summed E-state index contributed by atoms with van der Waals surface area (Å²) in [5.41, 5.74) is 4.68. The number of halogens is 3. The maximum absolute atomic E-state index is 12.6. The Bertz CT molecular complexity index is 782. The Kier molecular flexibility index (Phi) is 5.19. The summed E-state index contributed by atoms with van der Waals surface area (Å²) < 4.78 is 37.8. The number of rotatable bonds is 4. The van der Waals surface area contributed by atoms with Crippen LogP contribution in [0.25, 0.3) is 0 Å². The number of alkyl halides is 3. The Morgan fingerprint density at radius 3 is 2.59 bits per heavy atom. The highest BCUT2D eigenvalue weighted by atomic mass is 19.4. The van der Waals surface area contributed by atoms with E-state index in [2.05, 4.69) is 25.5 Å². The van der Waals surface area contributed by atoms with Crippen molar-refractivity contribution < 1.29 is 18.0 Å². The molecule has 27 heavy (non-hydrogen) atoms. The molecule has 0 unspecified atom stereocenters. The predicted octanol–water partition coefficient (Wildman–Crippen LogP) is 1.89. The van der Waals surface area contributed by atoms with Crippen LogP contribution in [-0.4, -0.2) is 39.2 Å². The molecule has 0 bridgehead atoms. The van der Waals surface area contributed by atoms with Gasteiger partial charge in [0.15, 0.2) is 0 Å². The number of anilines is 2. The van der Waals surface area contributed by atoms with Crippen LogP contribution in [0.15, 0.2) is 18.3 Å². The zero-order valence-corrected chi connectivity index (χ0v) is 14.6. The van der Waals surface area contributed by atoms with Crippen LogP contribution in [0.2, 0.25) is 0 Å². The van der Waals surface area contributed by atoms with Gasteiger partial charge in [-0.1, -0.05) is 0 Å². The van der Waals surface area contributed by atoms with Crippen molar-refractivity contribution in [2.75, 3.05) is 23.7 Å².